The molecule has 0 aliphatic heterocycles. The third-order valence-corrected chi connectivity index (χ3v) is 5.42. The van der Waals surface area contributed by atoms with E-state index in [1.54, 1.807) is 29.7 Å². The number of sulfonamides is 1. The molecular formula is C14H18N2O4S2. The first-order chi connectivity index (χ1) is 10.5. The zero-order valence-corrected chi connectivity index (χ0v) is 14.3. The van der Waals surface area contributed by atoms with Gasteiger partial charge in [-0.25, -0.2) is 18.1 Å². The molecule has 0 radical (unpaired) electrons. The number of benzene rings is 1. The number of hydrogen-bond acceptors (Lipinski definition) is 6. The molecule has 0 bridgehead atoms. The Morgan fingerprint density at radius 3 is 2.64 bits per heavy atom. The average Bonchev–Trinajstić information content (AvgIpc) is 2.91. The molecule has 0 atom stereocenters. The van der Waals surface area contributed by atoms with Crippen LogP contribution in [0.15, 0.2) is 29.3 Å². The summed E-state index contributed by atoms with van der Waals surface area (Å²) in [6.07, 6.45) is 2.32. The zero-order chi connectivity index (χ0) is 16.2. The lowest BCUT2D eigenvalue weighted by Crippen LogP contribution is -2.26. The Labute approximate surface area is 134 Å². The van der Waals surface area contributed by atoms with Gasteiger partial charge in [-0.1, -0.05) is 0 Å². The fourth-order valence-corrected chi connectivity index (χ4v) is 3.88. The Morgan fingerprint density at radius 2 is 2.05 bits per heavy atom. The second-order valence-electron chi connectivity index (χ2n) is 4.53. The molecule has 0 aliphatic rings. The summed E-state index contributed by atoms with van der Waals surface area (Å²) in [6, 6.07) is 4.66. The third kappa shape index (κ3) is 3.96. The Hall–Kier alpha value is -1.64. The summed E-state index contributed by atoms with van der Waals surface area (Å²) in [4.78, 5) is 5.37. The number of rotatable bonds is 7. The van der Waals surface area contributed by atoms with Gasteiger partial charge in [-0.2, -0.15) is 0 Å². The zero-order valence-electron chi connectivity index (χ0n) is 12.6. The van der Waals surface area contributed by atoms with Gasteiger partial charge in [0, 0.05) is 30.1 Å². The minimum atomic E-state index is -3.68. The van der Waals surface area contributed by atoms with Gasteiger partial charge in [0.2, 0.25) is 10.0 Å². The van der Waals surface area contributed by atoms with Crippen LogP contribution >= 0.6 is 11.3 Å². The minimum absolute atomic E-state index is 0.0599. The van der Waals surface area contributed by atoms with Gasteiger partial charge in [-0.3, -0.25) is 0 Å². The van der Waals surface area contributed by atoms with E-state index in [0.717, 1.165) is 9.88 Å². The quantitative estimate of drug-likeness (QED) is 0.832. The molecule has 120 valence electrons. The van der Waals surface area contributed by atoms with Crippen LogP contribution in [0, 0.1) is 6.92 Å². The van der Waals surface area contributed by atoms with Gasteiger partial charge in [-0.05, 0) is 19.1 Å². The predicted octanol–water partition coefficient (Wildman–Crippen LogP) is 1.99. The van der Waals surface area contributed by atoms with Gasteiger partial charge in [-0.15, -0.1) is 11.3 Å². The topological polar surface area (TPSA) is 77.5 Å². The summed E-state index contributed by atoms with van der Waals surface area (Å²) in [5.41, 5.74) is 0. The highest BCUT2D eigenvalue weighted by molar-refractivity contribution is 7.89. The minimum Gasteiger partial charge on any atom is -0.497 e. The predicted molar refractivity (Wildman–Crippen MR) is 85.3 cm³/mol. The number of ether oxygens (including phenoxy) is 2. The summed E-state index contributed by atoms with van der Waals surface area (Å²) in [5, 5.41) is 0.901. The van der Waals surface area contributed by atoms with Crippen molar-refractivity contribution in [2.45, 2.75) is 18.2 Å². The van der Waals surface area contributed by atoms with Crippen LogP contribution in [-0.2, 0) is 16.4 Å². The van der Waals surface area contributed by atoms with Gasteiger partial charge >= 0.3 is 0 Å². The van der Waals surface area contributed by atoms with Gasteiger partial charge < -0.3 is 9.47 Å². The molecule has 8 heteroatoms. The van der Waals surface area contributed by atoms with E-state index in [9.17, 15) is 8.42 Å². The molecule has 2 rings (SSSR count). The van der Waals surface area contributed by atoms with Crippen molar-refractivity contribution in [2.75, 3.05) is 20.8 Å². The van der Waals surface area contributed by atoms with Crippen LogP contribution in [0.2, 0.25) is 0 Å². The van der Waals surface area contributed by atoms with Crippen molar-refractivity contribution in [1.29, 1.82) is 0 Å². The van der Waals surface area contributed by atoms with E-state index in [1.165, 1.54) is 20.3 Å². The lowest BCUT2D eigenvalue weighted by Gasteiger charge is -2.11. The average molecular weight is 342 g/mol. The molecule has 0 aliphatic carbocycles. The molecule has 2 aromatic rings. The van der Waals surface area contributed by atoms with Crippen molar-refractivity contribution in [2.24, 2.45) is 0 Å². The van der Waals surface area contributed by atoms with Gasteiger partial charge in [0.1, 0.15) is 16.4 Å². The van der Waals surface area contributed by atoms with Crippen LogP contribution in [0.3, 0.4) is 0 Å². The molecule has 0 amide bonds. The highest BCUT2D eigenvalue weighted by Crippen LogP contribution is 2.27. The monoisotopic (exact) mass is 342 g/mol. The molecule has 1 aromatic carbocycles. The molecule has 0 unspecified atom stereocenters. The van der Waals surface area contributed by atoms with Crippen molar-refractivity contribution in [3.8, 4) is 11.5 Å². The van der Waals surface area contributed by atoms with E-state index in [1.807, 2.05) is 6.92 Å². The van der Waals surface area contributed by atoms with Crippen molar-refractivity contribution in [3.05, 3.63) is 34.3 Å². The molecule has 1 N–H and O–H groups in total. The smallest absolute Gasteiger partial charge is 0.244 e. The Morgan fingerprint density at radius 1 is 1.27 bits per heavy atom. The van der Waals surface area contributed by atoms with Crippen LogP contribution in [0.25, 0.3) is 0 Å². The van der Waals surface area contributed by atoms with E-state index < -0.39 is 10.0 Å². The SMILES string of the molecule is COc1ccc(OC)c(S(=O)(=O)NCCc2ncc(C)s2)c1. The number of nitrogens with zero attached hydrogens (tertiary/aromatic N) is 1. The lowest BCUT2D eigenvalue weighted by atomic mass is 10.3. The molecule has 1 aromatic heterocycles. The number of nitrogens with one attached hydrogen (secondary N) is 1. The van der Waals surface area contributed by atoms with E-state index in [-0.39, 0.29) is 17.2 Å². The second kappa shape index (κ2) is 7.08. The first-order valence-corrected chi connectivity index (χ1v) is 8.89. The van der Waals surface area contributed by atoms with E-state index in [2.05, 4.69) is 9.71 Å². The molecule has 0 saturated heterocycles. The molecule has 22 heavy (non-hydrogen) atoms. The largest absolute Gasteiger partial charge is 0.497 e. The molecule has 0 saturated carbocycles. The van der Waals surface area contributed by atoms with Crippen molar-refractivity contribution >= 4 is 21.4 Å². The first kappa shape index (κ1) is 16.7. The van der Waals surface area contributed by atoms with E-state index in [0.29, 0.717) is 12.2 Å². The van der Waals surface area contributed by atoms with Crippen molar-refractivity contribution in [3.63, 3.8) is 0 Å². The lowest BCUT2D eigenvalue weighted by molar-refractivity contribution is 0.392. The van der Waals surface area contributed by atoms with Crippen LogP contribution in [0.4, 0.5) is 0 Å². The maximum atomic E-state index is 12.4. The van der Waals surface area contributed by atoms with Gasteiger partial charge in [0.25, 0.3) is 0 Å². The highest BCUT2D eigenvalue weighted by atomic mass is 32.2. The molecule has 1 heterocycles. The fourth-order valence-electron chi connectivity index (χ4n) is 1.88. The van der Waals surface area contributed by atoms with Gasteiger partial charge in [0.05, 0.1) is 19.2 Å². The number of aryl methyl sites for hydroxylation is 1. The standard InChI is InChI=1S/C14H18N2O4S2/c1-10-9-15-14(21-10)6-7-16-22(17,18)13-8-11(19-2)4-5-12(13)20-3/h4-5,8-9,16H,6-7H2,1-3H3. The summed E-state index contributed by atoms with van der Waals surface area (Å²) in [6.45, 7) is 2.24. The third-order valence-electron chi connectivity index (χ3n) is 2.96. The summed E-state index contributed by atoms with van der Waals surface area (Å²) in [5.74, 6) is 0.732. The number of thiazole rings is 1. The molecule has 6 nitrogen and oxygen atoms in total. The Balaban J connectivity index is 2.12. The summed E-state index contributed by atoms with van der Waals surface area (Å²) >= 11 is 1.56. The van der Waals surface area contributed by atoms with E-state index >= 15 is 0 Å². The van der Waals surface area contributed by atoms with Crippen LogP contribution in [-0.4, -0.2) is 34.2 Å². The van der Waals surface area contributed by atoms with Crippen LogP contribution < -0.4 is 14.2 Å². The maximum absolute atomic E-state index is 12.4. The fraction of sp³-hybridized carbons (Fsp3) is 0.357. The normalized spacial score (nSPS) is 11.4. The van der Waals surface area contributed by atoms with Crippen molar-refractivity contribution < 1.29 is 17.9 Å². The summed E-state index contributed by atoms with van der Waals surface area (Å²) < 4.78 is 37.6. The number of aromatic nitrogens is 1. The van der Waals surface area contributed by atoms with Crippen molar-refractivity contribution in [1.82, 2.24) is 9.71 Å². The molecular weight excluding hydrogens is 324 g/mol. The molecule has 0 fully saturated rings. The van der Waals surface area contributed by atoms with Crippen LogP contribution in [0.1, 0.15) is 9.88 Å². The summed E-state index contributed by atoms with van der Waals surface area (Å²) in [7, 11) is -0.765. The molecule has 0 spiro atoms. The number of hydrogen-bond donors (Lipinski definition) is 1. The van der Waals surface area contributed by atoms with Gasteiger partial charge in [0.15, 0.2) is 0 Å². The first-order valence-electron chi connectivity index (χ1n) is 6.59. The Kier molecular flexibility index (Phi) is 5.38. The highest BCUT2D eigenvalue weighted by Gasteiger charge is 2.20. The Bertz CT molecular complexity index is 741. The number of methoxy groups -OCH3 is 2. The second-order valence-corrected chi connectivity index (χ2v) is 7.58. The van der Waals surface area contributed by atoms with E-state index in [4.69, 9.17) is 9.47 Å². The maximum Gasteiger partial charge on any atom is 0.244 e. The van der Waals surface area contributed by atoms with Crippen LogP contribution in [0.5, 0.6) is 11.5 Å².